The van der Waals surface area contributed by atoms with Gasteiger partial charge in [-0.25, -0.2) is 18.2 Å². The molecule has 0 aliphatic rings. The van der Waals surface area contributed by atoms with Crippen LogP contribution >= 0.6 is 11.6 Å². The van der Waals surface area contributed by atoms with Gasteiger partial charge in [0.2, 0.25) is 0 Å². The van der Waals surface area contributed by atoms with E-state index in [0.29, 0.717) is 45.0 Å². The number of hydrogen-bond acceptors (Lipinski definition) is 4. The fourth-order valence-electron chi connectivity index (χ4n) is 5.53. The van der Waals surface area contributed by atoms with Crippen LogP contribution in [-0.4, -0.2) is 35.1 Å². The summed E-state index contributed by atoms with van der Waals surface area (Å²) in [5, 5.41) is 10.8. The summed E-state index contributed by atoms with van der Waals surface area (Å²) < 4.78 is 31.1. The van der Waals surface area contributed by atoms with E-state index in [0.717, 1.165) is 24.2 Å². The predicted octanol–water partition coefficient (Wildman–Crippen LogP) is 8.30. The maximum Gasteiger partial charge on any atom is 0.336 e. The molecular formula is C34H34ClN3O4S. The summed E-state index contributed by atoms with van der Waals surface area (Å²) in [5.41, 5.74) is 4.85. The van der Waals surface area contributed by atoms with Crippen LogP contribution in [0.1, 0.15) is 55.4 Å². The van der Waals surface area contributed by atoms with E-state index in [2.05, 4.69) is 6.92 Å². The van der Waals surface area contributed by atoms with Crippen LogP contribution in [0.3, 0.4) is 0 Å². The number of unbranched alkanes of at least 4 members (excludes halogenated alkanes) is 1. The normalized spacial score (nSPS) is 11.8. The maximum absolute atomic E-state index is 13.9. The first kappa shape index (κ1) is 30.3. The number of carboxylic acid groups (broad SMARTS) is 1. The van der Waals surface area contributed by atoms with Gasteiger partial charge in [0.1, 0.15) is 5.82 Å². The van der Waals surface area contributed by atoms with Crippen LogP contribution in [-0.2, 0) is 16.4 Å². The lowest BCUT2D eigenvalue weighted by atomic mass is 9.94. The molecular weight excluding hydrogens is 582 g/mol. The van der Waals surface area contributed by atoms with Crippen molar-refractivity contribution in [1.82, 2.24) is 9.55 Å². The fraction of sp³-hybridized carbons (Fsp3) is 0.235. The molecule has 1 N–H and O–H groups in total. The Labute approximate surface area is 257 Å². The van der Waals surface area contributed by atoms with Crippen LogP contribution in [0.25, 0.3) is 27.8 Å². The predicted molar refractivity (Wildman–Crippen MR) is 173 cm³/mol. The Morgan fingerprint density at radius 2 is 1.70 bits per heavy atom. The zero-order valence-corrected chi connectivity index (χ0v) is 26.2. The number of sulfonamides is 1. The first-order valence-electron chi connectivity index (χ1n) is 14.3. The number of anilines is 1. The smallest absolute Gasteiger partial charge is 0.336 e. The molecule has 1 heterocycles. The molecule has 0 atom stereocenters. The van der Waals surface area contributed by atoms with Gasteiger partial charge in [-0.15, -0.1) is 0 Å². The van der Waals surface area contributed by atoms with E-state index in [1.54, 1.807) is 18.2 Å². The lowest BCUT2D eigenvalue weighted by molar-refractivity contribution is 0.0697. The van der Waals surface area contributed by atoms with Crippen molar-refractivity contribution in [2.24, 2.45) is 0 Å². The van der Waals surface area contributed by atoms with Crippen molar-refractivity contribution in [2.75, 3.05) is 4.31 Å². The van der Waals surface area contributed by atoms with E-state index in [1.807, 2.05) is 79.9 Å². The van der Waals surface area contributed by atoms with Crippen molar-refractivity contribution in [2.45, 2.75) is 57.9 Å². The Bertz CT molecular complexity index is 1900. The molecule has 0 radical (unpaired) electrons. The molecule has 0 aliphatic heterocycles. The van der Waals surface area contributed by atoms with Crippen LogP contribution in [0, 0.1) is 6.92 Å². The molecule has 43 heavy (non-hydrogen) atoms. The van der Waals surface area contributed by atoms with E-state index in [9.17, 15) is 18.3 Å². The van der Waals surface area contributed by atoms with Gasteiger partial charge in [-0.3, -0.25) is 8.87 Å². The third-order valence-corrected chi connectivity index (χ3v) is 9.80. The Kier molecular flexibility index (Phi) is 8.62. The Morgan fingerprint density at radius 3 is 2.33 bits per heavy atom. The largest absolute Gasteiger partial charge is 0.478 e. The number of aryl methyl sites for hydroxylation is 1. The molecule has 5 aromatic rings. The van der Waals surface area contributed by atoms with Gasteiger partial charge in [-0.05, 0) is 92.4 Å². The maximum atomic E-state index is 13.9. The van der Waals surface area contributed by atoms with Crippen LogP contribution < -0.4 is 4.31 Å². The molecule has 7 nitrogen and oxygen atoms in total. The fourth-order valence-corrected chi connectivity index (χ4v) is 7.31. The summed E-state index contributed by atoms with van der Waals surface area (Å²) in [6.45, 7) is 7.58. The zero-order valence-electron chi connectivity index (χ0n) is 24.6. The topological polar surface area (TPSA) is 92.5 Å². The zero-order chi connectivity index (χ0) is 30.9. The van der Waals surface area contributed by atoms with Crippen molar-refractivity contribution in [3.63, 3.8) is 0 Å². The highest BCUT2D eigenvalue weighted by molar-refractivity contribution is 7.92. The standard InChI is InChI=1S/C34H34ClN3O4S/c1-5-6-12-32-36-29-19-15-26(38(22(2)3)43(41,42)27-16-13-25(35)14-17-27)21-31(29)37(32)30-20-18-28(24-10-8-7-9-11-24)33(23(30)4)34(39)40/h7-11,13-22H,5-6,12H2,1-4H3,(H,39,40). The molecule has 5 rings (SSSR count). The highest BCUT2D eigenvalue weighted by Gasteiger charge is 2.29. The number of hydrogen-bond donors (Lipinski definition) is 1. The summed E-state index contributed by atoms with van der Waals surface area (Å²) in [7, 11) is -3.92. The third kappa shape index (κ3) is 5.77. The average Bonchev–Trinajstić information content (AvgIpc) is 3.33. The van der Waals surface area contributed by atoms with Crippen LogP contribution in [0.5, 0.6) is 0 Å². The highest BCUT2D eigenvalue weighted by atomic mass is 35.5. The summed E-state index contributed by atoms with van der Waals surface area (Å²) in [6, 6.07) is 24.4. The summed E-state index contributed by atoms with van der Waals surface area (Å²) in [4.78, 5) is 17.7. The number of benzene rings is 4. The third-order valence-electron chi connectivity index (χ3n) is 7.53. The SMILES string of the molecule is CCCCc1nc2ccc(N(C(C)C)S(=O)(=O)c3ccc(Cl)cc3)cc2n1-c1ccc(-c2ccccc2)c(C(=O)O)c1C. The summed E-state index contributed by atoms with van der Waals surface area (Å²) in [5.74, 6) is -0.226. The number of fused-ring (bicyclic) bond motifs is 1. The van der Waals surface area contributed by atoms with E-state index in [1.165, 1.54) is 16.4 Å². The molecule has 0 unspecified atom stereocenters. The monoisotopic (exact) mass is 615 g/mol. The Balaban J connectivity index is 1.74. The molecule has 4 aromatic carbocycles. The number of carboxylic acids is 1. The summed E-state index contributed by atoms with van der Waals surface area (Å²) >= 11 is 6.03. The quantitative estimate of drug-likeness (QED) is 0.171. The molecule has 0 amide bonds. The van der Waals surface area contributed by atoms with Gasteiger partial charge in [0.15, 0.2) is 0 Å². The van der Waals surface area contributed by atoms with Crippen LogP contribution in [0.4, 0.5) is 5.69 Å². The number of imidazole rings is 1. The van der Waals surface area contributed by atoms with E-state index >= 15 is 0 Å². The molecule has 0 bridgehead atoms. The lowest BCUT2D eigenvalue weighted by Crippen LogP contribution is -2.37. The minimum absolute atomic E-state index is 0.140. The van der Waals surface area contributed by atoms with E-state index in [4.69, 9.17) is 16.6 Å². The van der Waals surface area contributed by atoms with Gasteiger partial charge in [0, 0.05) is 17.5 Å². The Morgan fingerprint density at radius 1 is 1.00 bits per heavy atom. The molecule has 9 heteroatoms. The first-order valence-corrected chi connectivity index (χ1v) is 16.1. The molecule has 0 saturated carbocycles. The number of carbonyl (C=O) groups is 1. The molecule has 1 aromatic heterocycles. The van der Waals surface area contributed by atoms with Gasteiger partial charge >= 0.3 is 5.97 Å². The van der Waals surface area contributed by atoms with Crippen LogP contribution in [0.15, 0.2) is 89.8 Å². The van der Waals surface area contributed by atoms with Crippen LogP contribution in [0.2, 0.25) is 5.02 Å². The molecule has 0 aliphatic carbocycles. The van der Waals surface area contributed by atoms with E-state index < -0.39 is 16.0 Å². The van der Waals surface area contributed by atoms with Gasteiger partial charge in [0.25, 0.3) is 10.0 Å². The number of nitrogens with zero attached hydrogens (tertiary/aromatic N) is 3. The summed E-state index contributed by atoms with van der Waals surface area (Å²) in [6.07, 6.45) is 2.53. The Hall–Kier alpha value is -4.14. The second-order valence-corrected chi connectivity index (χ2v) is 13.0. The second kappa shape index (κ2) is 12.2. The first-order chi connectivity index (χ1) is 20.5. The van der Waals surface area contributed by atoms with Crippen molar-refractivity contribution in [3.05, 3.63) is 107 Å². The average molecular weight is 616 g/mol. The van der Waals surface area contributed by atoms with Crippen molar-refractivity contribution >= 4 is 44.3 Å². The van der Waals surface area contributed by atoms with Gasteiger partial charge in [-0.2, -0.15) is 0 Å². The molecule has 0 fully saturated rings. The van der Waals surface area contributed by atoms with Crippen molar-refractivity contribution in [3.8, 4) is 16.8 Å². The number of halogens is 1. The highest BCUT2D eigenvalue weighted by Crippen LogP contribution is 2.35. The minimum atomic E-state index is -3.92. The lowest BCUT2D eigenvalue weighted by Gasteiger charge is -2.28. The molecule has 0 saturated heterocycles. The number of aromatic nitrogens is 2. The minimum Gasteiger partial charge on any atom is -0.478 e. The van der Waals surface area contributed by atoms with Gasteiger partial charge in [0.05, 0.1) is 32.9 Å². The number of aromatic carboxylic acids is 1. The number of rotatable bonds is 10. The van der Waals surface area contributed by atoms with Crippen molar-refractivity contribution in [1.29, 1.82) is 0 Å². The molecule has 222 valence electrons. The van der Waals surface area contributed by atoms with Gasteiger partial charge < -0.3 is 5.11 Å². The van der Waals surface area contributed by atoms with Gasteiger partial charge in [-0.1, -0.05) is 61.3 Å². The van der Waals surface area contributed by atoms with Crippen molar-refractivity contribution < 1.29 is 18.3 Å². The molecule has 0 spiro atoms. The van der Waals surface area contributed by atoms with E-state index in [-0.39, 0.29) is 16.5 Å². The second-order valence-electron chi connectivity index (χ2n) is 10.8.